The maximum Gasteiger partial charge on any atom is 0.338 e. The van der Waals surface area contributed by atoms with E-state index in [-0.39, 0.29) is 6.61 Å². The van der Waals surface area contributed by atoms with Crippen LogP contribution in [0.5, 0.6) is 11.5 Å². The number of nitrogen functional groups attached to an aromatic ring is 1. The zero-order valence-electron chi connectivity index (χ0n) is 15.5. The zero-order chi connectivity index (χ0) is 19.6. The Morgan fingerprint density at radius 1 is 1.04 bits per heavy atom. The van der Waals surface area contributed by atoms with Crippen LogP contribution in [0.25, 0.3) is 0 Å². The van der Waals surface area contributed by atoms with Crippen LogP contribution < -0.4 is 20.5 Å². The summed E-state index contributed by atoms with van der Waals surface area (Å²) in [5.74, 6) is 0.451. The van der Waals surface area contributed by atoms with Crippen LogP contribution in [0.4, 0.5) is 5.69 Å². The molecule has 7 heteroatoms. The maximum atomic E-state index is 11.9. The standard InChI is InChI=1S/C20H24N2O5/c1-3-25-16-6-8-17(9-7-16)26-11-10-22-19(23)13-27-20(24)15-5-4-14(2)18(21)12-15/h4-9,12H,3,10-11,13,21H2,1-2H3,(H,22,23). The maximum absolute atomic E-state index is 11.9. The number of carbonyl (C=O) groups excluding carboxylic acids is 2. The quantitative estimate of drug-likeness (QED) is 0.398. The molecule has 0 saturated heterocycles. The van der Waals surface area contributed by atoms with Crippen LogP contribution in [0, 0.1) is 6.92 Å². The number of anilines is 1. The fourth-order valence-electron chi connectivity index (χ4n) is 2.19. The first-order valence-electron chi connectivity index (χ1n) is 8.65. The average molecular weight is 372 g/mol. The number of amides is 1. The van der Waals surface area contributed by atoms with Crippen molar-refractivity contribution in [1.29, 1.82) is 0 Å². The molecule has 144 valence electrons. The number of ether oxygens (including phenoxy) is 3. The van der Waals surface area contributed by atoms with Crippen molar-refractivity contribution in [3.63, 3.8) is 0 Å². The van der Waals surface area contributed by atoms with Gasteiger partial charge in [0, 0.05) is 5.69 Å². The summed E-state index contributed by atoms with van der Waals surface area (Å²) in [4.78, 5) is 23.7. The van der Waals surface area contributed by atoms with Gasteiger partial charge in [0.25, 0.3) is 5.91 Å². The first-order chi connectivity index (χ1) is 13.0. The third kappa shape index (κ3) is 6.54. The van der Waals surface area contributed by atoms with E-state index in [2.05, 4.69) is 5.32 Å². The van der Waals surface area contributed by atoms with Gasteiger partial charge in [-0.05, 0) is 55.8 Å². The summed E-state index contributed by atoms with van der Waals surface area (Å²) in [7, 11) is 0. The van der Waals surface area contributed by atoms with Crippen LogP contribution in [0.1, 0.15) is 22.8 Å². The first kappa shape index (κ1) is 20.1. The van der Waals surface area contributed by atoms with Crippen LogP contribution >= 0.6 is 0 Å². The molecule has 2 rings (SSSR count). The van der Waals surface area contributed by atoms with E-state index in [0.29, 0.717) is 36.8 Å². The largest absolute Gasteiger partial charge is 0.494 e. The summed E-state index contributed by atoms with van der Waals surface area (Å²) in [6.07, 6.45) is 0. The van der Waals surface area contributed by atoms with Crippen molar-refractivity contribution in [2.75, 3.05) is 32.1 Å². The van der Waals surface area contributed by atoms with Crippen LogP contribution in [0.15, 0.2) is 42.5 Å². The number of nitrogens with one attached hydrogen (secondary N) is 1. The van der Waals surface area contributed by atoms with Crippen LogP contribution in [-0.4, -0.2) is 38.2 Å². The fraction of sp³-hybridized carbons (Fsp3) is 0.300. The van der Waals surface area contributed by atoms with Gasteiger partial charge >= 0.3 is 5.97 Å². The highest BCUT2D eigenvalue weighted by Crippen LogP contribution is 2.17. The van der Waals surface area contributed by atoms with Crippen molar-refractivity contribution in [2.24, 2.45) is 0 Å². The number of hydrogen-bond acceptors (Lipinski definition) is 6. The molecule has 0 aromatic heterocycles. The second-order valence-electron chi connectivity index (χ2n) is 5.75. The highest BCUT2D eigenvalue weighted by Gasteiger charge is 2.11. The molecular formula is C20H24N2O5. The monoisotopic (exact) mass is 372 g/mol. The van der Waals surface area contributed by atoms with Crippen LogP contribution in [0.2, 0.25) is 0 Å². The van der Waals surface area contributed by atoms with Gasteiger partial charge in [-0.3, -0.25) is 4.79 Å². The summed E-state index contributed by atoms with van der Waals surface area (Å²) in [5.41, 5.74) is 7.44. The Balaban J connectivity index is 1.65. The molecule has 0 aliphatic rings. The number of nitrogens with two attached hydrogens (primary N) is 1. The van der Waals surface area contributed by atoms with E-state index in [1.54, 1.807) is 24.3 Å². The minimum absolute atomic E-state index is 0.293. The number of esters is 1. The third-order valence-electron chi connectivity index (χ3n) is 3.68. The summed E-state index contributed by atoms with van der Waals surface area (Å²) in [6.45, 7) is 4.58. The average Bonchev–Trinajstić information content (AvgIpc) is 2.67. The molecule has 3 N–H and O–H groups in total. The summed E-state index contributed by atoms with van der Waals surface area (Å²) in [6, 6.07) is 12.1. The van der Waals surface area contributed by atoms with E-state index in [1.807, 2.05) is 26.0 Å². The topological polar surface area (TPSA) is 99.9 Å². The van der Waals surface area contributed by atoms with E-state index in [1.165, 1.54) is 6.07 Å². The molecule has 0 heterocycles. The number of benzene rings is 2. The molecule has 7 nitrogen and oxygen atoms in total. The van der Waals surface area contributed by atoms with Gasteiger partial charge in [-0.2, -0.15) is 0 Å². The summed E-state index contributed by atoms with van der Waals surface area (Å²) < 4.78 is 15.8. The summed E-state index contributed by atoms with van der Waals surface area (Å²) in [5, 5.41) is 2.62. The number of carbonyl (C=O) groups is 2. The molecule has 2 aromatic rings. The minimum Gasteiger partial charge on any atom is -0.494 e. The molecule has 0 radical (unpaired) electrons. The molecule has 0 spiro atoms. The van der Waals surface area contributed by atoms with E-state index >= 15 is 0 Å². The molecule has 0 bridgehead atoms. The number of hydrogen-bond donors (Lipinski definition) is 2. The lowest BCUT2D eigenvalue weighted by Crippen LogP contribution is -2.32. The Bertz CT molecular complexity index is 774. The van der Waals surface area contributed by atoms with Crippen molar-refractivity contribution in [1.82, 2.24) is 5.32 Å². The fourth-order valence-corrected chi connectivity index (χ4v) is 2.19. The Hall–Kier alpha value is -3.22. The van der Waals surface area contributed by atoms with Crippen molar-refractivity contribution in [2.45, 2.75) is 13.8 Å². The van der Waals surface area contributed by atoms with Crippen LogP contribution in [-0.2, 0) is 9.53 Å². The van der Waals surface area contributed by atoms with Crippen molar-refractivity contribution in [3.8, 4) is 11.5 Å². The van der Waals surface area contributed by atoms with Crippen LogP contribution in [0.3, 0.4) is 0 Å². The highest BCUT2D eigenvalue weighted by molar-refractivity contribution is 5.92. The van der Waals surface area contributed by atoms with Gasteiger partial charge < -0.3 is 25.3 Å². The second-order valence-corrected chi connectivity index (χ2v) is 5.75. The number of rotatable bonds is 9. The summed E-state index contributed by atoms with van der Waals surface area (Å²) >= 11 is 0. The van der Waals surface area contributed by atoms with Crippen molar-refractivity contribution >= 4 is 17.6 Å². The lowest BCUT2D eigenvalue weighted by Gasteiger charge is -2.09. The Labute approximate surface area is 158 Å². The van der Waals surface area contributed by atoms with E-state index < -0.39 is 11.9 Å². The van der Waals surface area contributed by atoms with Gasteiger partial charge in [-0.15, -0.1) is 0 Å². The number of aryl methyl sites for hydroxylation is 1. The second kappa shape index (κ2) is 10.1. The van der Waals surface area contributed by atoms with Gasteiger partial charge in [0.2, 0.25) is 0 Å². The molecule has 0 atom stereocenters. The van der Waals surface area contributed by atoms with E-state index in [0.717, 1.165) is 11.3 Å². The Kier molecular flexibility index (Phi) is 7.49. The smallest absolute Gasteiger partial charge is 0.338 e. The Morgan fingerprint density at radius 2 is 1.70 bits per heavy atom. The molecule has 0 unspecified atom stereocenters. The third-order valence-corrected chi connectivity index (χ3v) is 3.68. The lowest BCUT2D eigenvalue weighted by molar-refractivity contribution is -0.124. The predicted octanol–water partition coefficient (Wildman–Crippen LogP) is 2.33. The zero-order valence-corrected chi connectivity index (χ0v) is 15.5. The normalized spacial score (nSPS) is 10.1. The predicted molar refractivity (Wildman–Crippen MR) is 102 cm³/mol. The first-order valence-corrected chi connectivity index (χ1v) is 8.65. The van der Waals surface area contributed by atoms with Gasteiger partial charge in [0.05, 0.1) is 18.7 Å². The van der Waals surface area contributed by atoms with E-state index in [4.69, 9.17) is 19.9 Å². The lowest BCUT2D eigenvalue weighted by atomic mass is 10.1. The Morgan fingerprint density at radius 3 is 2.33 bits per heavy atom. The van der Waals surface area contributed by atoms with Gasteiger partial charge in [-0.25, -0.2) is 4.79 Å². The molecular weight excluding hydrogens is 348 g/mol. The van der Waals surface area contributed by atoms with Gasteiger partial charge in [0.15, 0.2) is 6.61 Å². The highest BCUT2D eigenvalue weighted by atomic mass is 16.5. The molecule has 0 fully saturated rings. The van der Waals surface area contributed by atoms with Gasteiger partial charge in [0.1, 0.15) is 18.1 Å². The minimum atomic E-state index is -0.595. The van der Waals surface area contributed by atoms with Crippen molar-refractivity contribution < 1.29 is 23.8 Å². The SMILES string of the molecule is CCOc1ccc(OCCNC(=O)COC(=O)c2ccc(C)c(N)c2)cc1. The molecule has 0 aliphatic heterocycles. The molecule has 0 aliphatic carbocycles. The van der Waals surface area contributed by atoms with Crippen molar-refractivity contribution in [3.05, 3.63) is 53.6 Å². The molecule has 0 saturated carbocycles. The molecule has 2 aromatic carbocycles. The van der Waals surface area contributed by atoms with Gasteiger partial charge in [-0.1, -0.05) is 6.07 Å². The molecule has 1 amide bonds. The van der Waals surface area contributed by atoms with E-state index in [9.17, 15) is 9.59 Å². The molecule has 27 heavy (non-hydrogen) atoms.